The molecule has 0 aliphatic carbocycles. The van der Waals surface area contributed by atoms with Gasteiger partial charge in [0, 0.05) is 22.0 Å². The van der Waals surface area contributed by atoms with Crippen LogP contribution in [0.25, 0.3) is 0 Å². The van der Waals surface area contributed by atoms with Crippen LogP contribution in [0.4, 0.5) is 11.4 Å². The monoisotopic (exact) mass is 491 g/mol. The van der Waals surface area contributed by atoms with Crippen molar-refractivity contribution in [2.75, 3.05) is 10.2 Å². The van der Waals surface area contributed by atoms with E-state index in [0.29, 0.717) is 15.9 Å². The lowest BCUT2D eigenvalue weighted by Crippen LogP contribution is -2.72. The van der Waals surface area contributed by atoms with Crippen LogP contribution in [0.1, 0.15) is 35.2 Å². The second-order valence-electron chi connectivity index (χ2n) is 9.23. The molecule has 2 bridgehead atoms. The minimum absolute atomic E-state index is 0.155. The molecule has 7 heteroatoms. The van der Waals surface area contributed by atoms with Gasteiger partial charge >= 0.3 is 0 Å². The molecule has 1 fully saturated rings. The Morgan fingerprint density at radius 3 is 2.59 bits per heavy atom. The topological polar surface area (TPSA) is 53.6 Å². The second kappa shape index (κ2) is 8.29. The van der Waals surface area contributed by atoms with Crippen molar-refractivity contribution in [3.63, 3.8) is 0 Å². The lowest BCUT2D eigenvalue weighted by Gasteiger charge is -2.56. The number of rotatable bonds is 3. The Morgan fingerprint density at radius 1 is 1.09 bits per heavy atom. The average molecular weight is 492 g/mol. The Hall–Kier alpha value is -3.09. The molecule has 0 spiro atoms. The summed E-state index contributed by atoms with van der Waals surface area (Å²) in [7, 11) is 0. The first-order valence-corrected chi connectivity index (χ1v) is 12.0. The standard InChI is InChI=1S/C27H26ClN3O2S/c1-15-6-5-7-19(13-15)31-26(34)30-24-20-14-18(28)9-11-22(20)33-27(31,4)23(24)25(32)29-21-10-8-16(2)12-17(21)3/h5-14,23-24H,1-4H3,(H,29,32)(H,30,34)/t23-,24-,27+/m0/s1. The lowest BCUT2D eigenvalue weighted by molar-refractivity contribution is -0.130. The van der Waals surface area contributed by atoms with Crippen molar-refractivity contribution in [2.45, 2.75) is 39.5 Å². The first kappa shape index (κ1) is 22.7. The van der Waals surface area contributed by atoms with Gasteiger partial charge in [-0.3, -0.25) is 9.69 Å². The fourth-order valence-corrected chi connectivity index (χ4v) is 5.67. The molecule has 5 rings (SSSR count). The van der Waals surface area contributed by atoms with Gasteiger partial charge < -0.3 is 15.4 Å². The number of benzene rings is 3. The third-order valence-electron chi connectivity index (χ3n) is 6.64. The van der Waals surface area contributed by atoms with Gasteiger partial charge in [0.05, 0.1) is 6.04 Å². The zero-order valence-corrected chi connectivity index (χ0v) is 21.1. The van der Waals surface area contributed by atoms with Gasteiger partial charge in [0.1, 0.15) is 11.7 Å². The van der Waals surface area contributed by atoms with Crippen LogP contribution in [0.5, 0.6) is 5.75 Å². The molecule has 2 N–H and O–H groups in total. The summed E-state index contributed by atoms with van der Waals surface area (Å²) >= 11 is 12.1. The van der Waals surface area contributed by atoms with Crippen LogP contribution < -0.4 is 20.3 Å². The van der Waals surface area contributed by atoms with Gasteiger partial charge in [-0.15, -0.1) is 0 Å². The van der Waals surface area contributed by atoms with Gasteiger partial charge in [0.15, 0.2) is 10.8 Å². The fourth-order valence-electron chi connectivity index (χ4n) is 5.07. The zero-order valence-electron chi connectivity index (χ0n) is 19.5. The number of nitrogens with one attached hydrogen (secondary N) is 2. The fraction of sp³-hybridized carbons (Fsp3) is 0.259. The Morgan fingerprint density at radius 2 is 1.85 bits per heavy atom. The van der Waals surface area contributed by atoms with Crippen LogP contribution >= 0.6 is 23.8 Å². The maximum atomic E-state index is 13.9. The van der Waals surface area contributed by atoms with E-state index < -0.39 is 17.7 Å². The number of hydrogen-bond donors (Lipinski definition) is 2. The molecule has 3 atom stereocenters. The number of anilines is 2. The van der Waals surface area contributed by atoms with E-state index in [2.05, 4.69) is 16.7 Å². The van der Waals surface area contributed by atoms with Gasteiger partial charge in [0.2, 0.25) is 5.91 Å². The molecular weight excluding hydrogens is 466 g/mol. The molecule has 5 nitrogen and oxygen atoms in total. The van der Waals surface area contributed by atoms with Gasteiger partial charge in [-0.1, -0.05) is 41.4 Å². The SMILES string of the molecule is Cc1cccc(N2C(=S)N[C@H]3c4cc(Cl)ccc4O[C@]2(C)[C@@H]3C(=O)Nc2ccc(C)cc2C)c1. The van der Waals surface area contributed by atoms with Gasteiger partial charge in [-0.2, -0.15) is 0 Å². The normalized spacial score (nSPS) is 23.0. The summed E-state index contributed by atoms with van der Waals surface area (Å²) in [6, 6.07) is 19.1. The average Bonchev–Trinajstić information content (AvgIpc) is 2.76. The maximum Gasteiger partial charge on any atom is 0.236 e. The van der Waals surface area contributed by atoms with E-state index in [1.54, 1.807) is 6.07 Å². The molecule has 174 valence electrons. The molecule has 2 aliphatic rings. The summed E-state index contributed by atoms with van der Waals surface area (Å²) in [4.78, 5) is 15.8. The van der Waals surface area contributed by atoms with E-state index in [4.69, 9.17) is 28.6 Å². The van der Waals surface area contributed by atoms with E-state index in [0.717, 1.165) is 33.6 Å². The maximum absolute atomic E-state index is 13.9. The summed E-state index contributed by atoms with van der Waals surface area (Å²) in [5.74, 6) is -0.0933. The van der Waals surface area contributed by atoms with Crippen molar-refractivity contribution in [1.29, 1.82) is 0 Å². The number of nitrogens with zero attached hydrogens (tertiary/aromatic N) is 1. The molecule has 2 heterocycles. The van der Waals surface area contributed by atoms with E-state index in [1.165, 1.54) is 0 Å². The molecule has 1 amide bonds. The molecule has 34 heavy (non-hydrogen) atoms. The number of halogens is 1. The minimum atomic E-state index is -1.07. The molecule has 0 aromatic heterocycles. The highest BCUT2D eigenvalue weighted by atomic mass is 35.5. The summed E-state index contributed by atoms with van der Waals surface area (Å²) < 4.78 is 6.62. The first-order valence-electron chi connectivity index (χ1n) is 11.2. The van der Waals surface area contributed by atoms with Crippen molar-refractivity contribution < 1.29 is 9.53 Å². The van der Waals surface area contributed by atoms with E-state index in [-0.39, 0.29) is 5.91 Å². The Kier molecular flexibility index (Phi) is 5.53. The van der Waals surface area contributed by atoms with Crippen LogP contribution in [0, 0.1) is 26.7 Å². The molecule has 0 saturated carbocycles. The van der Waals surface area contributed by atoms with Gasteiger partial charge in [-0.05, 0) is 87.4 Å². The number of amides is 1. The summed E-state index contributed by atoms with van der Waals surface area (Å²) in [5.41, 5.74) is 4.62. The molecule has 3 aromatic rings. The molecule has 0 radical (unpaired) electrons. The van der Waals surface area contributed by atoms with E-state index in [9.17, 15) is 4.79 Å². The van der Waals surface area contributed by atoms with Crippen molar-refractivity contribution in [3.05, 3.63) is 87.9 Å². The smallest absolute Gasteiger partial charge is 0.236 e. The number of hydrogen-bond acceptors (Lipinski definition) is 3. The van der Waals surface area contributed by atoms with E-state index in [1.807, 2.05) is 81.1 Å². The third-order valence-corrected chi connectivity index (χ3v) is 7.18. The second-order valence-corrected chi connectivity index (χ2v) is 10.0. The Balaban J connectivity index is 1.63. The number of aryl methyl sites for hydroxylation is 3. The van der Waals surface area contributed by atoms with E-state index >= 15 is 0 Å². The molecule has 0 unspecified atom stereocenters. The Bertz CT molecular complexity index is 1330. The number of thiocarbonyl (C=S) groups is 1. The highest BCUT2D eigenvalue weighted by Gasteiger charge is 2.59. The zero-order chi connectivity index (χ0) is 24.2. The van der Waals surface area contributed by atoms with Crippen molar-refractivity contribution in [2.24, 2.45) is 5.92 Å². The van der Waals surface area contributed by atoms with Crippen LogP contribution in [0.2, 0.25) is 5.02 Å². The Labute approximate surface area is 210 Å². The number of ether oxygens (including phenoxy) is 1. The predicted molar refractivity (Wildman–Crippen MR) is 141 cm³/mol. The first-order chi connectivity index (χ1) is 16.2. The van der Waals surface area contributed by atoms with Gasteiger partial charge in [0.25, 0.3) is 0 Å². The summed E-state index contributed by atoms with van der Waals surface area (Å²) in [5, 5.41) is 7.64. The molecule has 1 saturated heterocycles. The third kappa shape index (κ3) is 3.71. The lowest BCUT2D eigenvalue weighted by atomic mass is 9.78. The van der Waals surface area contributed by atoms with Crippen LogP contribution in [-0.2, 0) is 4.79 Å². The number of carbonyl (C=O) groups excluding carboxylic acids is 1. The van der Waals surface area contributed by atoms with Gasteiger partial charge in [-0.25, -0.2) is 0 Å². The molecular formula is C27H26ClN3O2S. The van der Waals surface area contributed by atoms with Crippen molar-refractivity contribution >= 4 is 46.2 Å². The van der Waals surface area contributed by atoms with Crippen LogP contribution in [-0.4, -0.2) is 16.7 Å². The van der Waals surface area contributed by atoms with Crippen molar-refractivity contribution in [1.82, 2.24) is 5.32 Å². The number of carbonyl (C=O) groups is 1. The molecule has 2 aliphatic heterocycles. The van der Waals surface area contributed by atoms with Crippen molar-refractivity contribution in [3.8, 4) is 5.75 Å². The summed E-state index contributed by atoms with van der Waals surface area (Å²) in [6.45, 7) is 7.98. The minimum Gasteiger partial charge on any atom is -0.467 e. The van der Waals surface area contributed by atoms with Crippen LogP contribution in [0.3, 0.4) is 0 Å². The quantitative estimate of drug-likeness (QED) is 0.436. The van der Waals surface area contributed by atoms with Crippen LogP contribution in [0.15, 0.2) is 60.7 Å². The number of fused-ring (bicyclic) bond motifs is 4. The highest BCUT2D eigenvalue weighted by Crippen LogP contribution is 2.50. The summed E-state index contributed by atoms with van der Waals surface area (Å²) in [6.07, 6.45) is 0. The highest BCUT2D eigenvalue weighted by molar-refractivity contribution is 7.80. The predicted octanol–water partition coefficient (Wildman–Crippen LogP) is 6.06. The molecule has 3 aromatic carbocycles. The largest absolute Gasteiger partial charge is 0.467 e.